The van der Waals surface area contributed by atoms with Gasteiger partial charge in [0.25, 0.3) is 0 Å². The molecule has 0 atom stereocenters. The molecule has 0 aromatic heterocycles. The minimum atomic E-state index is 0.754. The first-order valence-electron chi connectivity index (χ1n) is 6.03. The van der Waals surface area contributed by atoms with Crippen LogP contribution in [-0.2, 0) is 0 Å². The predicted molar refractivity (Wildman–Crippen MR) is 66.0 cm³/mol. The van der Waals surface area contributed by atoms with Crippen LogP contribution in [0.1, 0.15) is 49.7 Å². The Balaban J connectivity index is 2.19. The highest BCUT2D eigenvalue weighted by Gasteiger charge is 2.21. The first kappa shape index (κ1) is 10.5. The van der Waals surface area contributed by atoms with E-state index < -0.39 is 0 Å². The topological polar surface area (TPSA) is 26.0 Å². The number of anilines is 1. The van der Waals surface area contributed by atoms with Crippen molar-refractivity contribution in [3.8, 4) is 0 Å². The van der Waals surface area contributed by atoms with Crippen LogP contribution < -0.4 is 5.73 Å². The summed E-state index contributed by atoms with van der Waals surface area (Å²) in [5.41, 5.74) is 9.70. The van der Waals surface area contributed by atoms with Crippen molar-refractivity contribution >= 4 is 5.69 Å². The highest BCUT2D eigenvalue weighted by atomic mass is 14.6. The number of hydrogen-bond acceptors (Lipinski definition) is 1. The van der Waals surface area contributed by atoms with Crippen LogP contribution in [0.2, 0.25) is 0 Å². The zero-order valence-corrected chi connectivity index (χ0v) is 9.79. The van der Waals surface area contributed by atoms with Gasteiger partial charge in [-0.05, 0) is 48.8 Å². The van der Waals surface area contributed by atoms with Crippen molar-refractivity contribution in [3.05, 3.63) is 29.3 Å². The van der Waals surface area contributed by atoms with Crippen molar-refractivity contribution in [3.63, 3.8) is 0 Å². The van der Waals surface area contributed by atoms with Crippen molar-refractivity contribution in [1.82, 2.24) is 0 Å². The SMILES string of the molecule is Cc1c(N)cccc1C1CCC(C)CC1. The van der Waals surface area contributed by atoms with Crippen LogP contribution in [0, 0.1) is 12.8 Å². The molecular weight excluding hydrogens is 182 g/mol. The minimum Gasteiger partial charge on any atom is -0.399 e. The molecule has 2 rings (SSSR count). The Morgan fingerprint density at radius 1 is 1.13 bits per heavy atom. The fourth-order valence-corrected chi connectivity index (χ4v) is 2.69. The van der Waals surface area contributed by atoms with E-state index in [0.717, 1.165) is 17.5 Å². The van der Waals surface area contributed by atoms with E-state index in [1.165, 1.54) is 36.8 Å². The normalized spacial score (nSPS) is 26.5. The lowest BCUT2D eigenvalue weighted by Gasteiger charge is -2.27. The highest BCUT2D eigenvalue weighted by Crippen LogP contribution is 2.37. The van der Waals surface area contributed by atoms with E-state index >= 15 is 0 Å². The maximum atomic E-state index is 5.95. The molecule has 1 aliphatic rings. The molecule has 0 unspecified atom stereocenters. The standard InChI is InChI=1S/C14H21N/c1-10-6-8-12(9-7-10)13-4-3-5-14(15)11(13)2/h3-5,10,12H,6-9,15H2,1-2H3. The Morgan fingerprint density at radius 2 is 1.80 bits per heavy atom. The molecule has 0 aliphatic heterocycles. The zero-order chi connectivity index (χ0) is 10.8. The molecule has 2 N–H and O–H groups in total. The van der Waals surface area contributed by atoms with Crippen LogP contribution in [0.3, 0.4) is 0 Å². The van der Waals surface area contributed by atoms with E-state index in [2.05, 4.69) is 26.0 Å². The number of nitrogens with two attached hydrogens (primary N) is 1. The molecule has 0 saturated heterocycles. The summed E-state index contributed by atoms with van der Waals surface area (Å²) in [7, 11) is 0. The molecule has 82 valence electrons. The van der Waals surface area contributed by atoms with Gasteiger partial charge in [-0.25, -0.2) is 0 Å². The summed E-state index contributed by atoms with van der Waals surface area (Å²) in [5.74, 6) is 1.67. The smallest absolute Gasteiger partial charge is 0.0346 e. The number of nitrogen functional groups attached to an aromatic ring is 1. The van der Waals surface area contributed by atoms with E-state index in [-0.39, 0.29) is 0 Å². The van der Waals surface area contributed by atoms with E-state index in [0.29, 0.717) is 0 Å². The van der Waals surface area contributed by atoms with Gasteiger partial charge in [-0.15, -0.1) is 0 Å². The van der Waals surface area contributed by atoms with E-state index in [9.17, 15) is 0 Å². The van der Waals surface area contributed by atoms with Crippen LogP contribution in [0.15, 0.2) is 18.2 Å². The summed E-state index contributed by atoms with van der Waals surface area (Å²) in [6.07, 6.45) is 5.43. The van der Waals surface area contributed by atoms with Crippen LogP contribution in [0.4, 0.5) is 5.69 Å². The lowest BCUT2D eigenvalue weighted by atomic mass is 9.78. The summed E-state index contributed by atoms with van der Waals surface area (Å²) in [5, 5.41) is 0. The molecule has 1 aromatic carbocycles. The van der Waals surface area contributed by atoms with E-state index in [1.54, 1.807) is 0 Å². The molecular formula is C14H21N. The van der Waals surface area contributed by atoms with Gasteiger partial charge in [-0.3, -0.25) is 0 Å². The highest BCUT2D eigenvalue weighted by molar-refractivity contribution is 5.51. The first-order chi connectivity index (χ1) is 7.18. The molecule has 0 spiro atoms. The monoisotopic (exact) mass is 203 g/mol. The Bertz CT molecular complexity index is 335. The lowest BCUT2D eigenvalue weighted by Crippen LogP contribution is -2.12. The van der Waals surface area contributed by atoms with Gasteiger partial charge in [-0.2, -0.15) is 0 Å². The summed E-state index contributed by atoms with van der Waals surface area (Å²) < 4.78 is 0. The molecule has 1 saturated carbocycles. The second-order valence-electron chi connectivity index (χ2n) is 5.02. The maximum absolute atomic E-state index is 5.95. The van der Waals surface area contributed by atoms with Gasteiger partial charge in [-0.1, -0.05) is 31.9 Å². The minimum absolute atomic E-state index is 0.754. The molecule has 1 nitrogen and oxygen atoms in total. The molecule has 1 aromatic rings. The van der Waals surface area contributed by atoms with Crippen molar-refractivity contribution in [2.24, 2.45) is 5.92 Å². The average molecular weight is 203 g/mol. The molecule has 15 heavy (non-hydrogen) atoms. The van der Waals surface area contributed by atoms with E-state index in [1.807, 2.05) is 6.07 Å². The maximum Gasteiger partial charge on any atom is 0.0346 e. The van der Waals surface area contributed by atoms with Gasteiger partial charge in [0.05, 0.1) is 0 Å². The van der Waals surface area contributed by atoms with Crippen molar-refractivity contribution in [1.29, 1.82) is 0 Å². The molecule has 1 heteroatoms. The van der Waals surface area contributed by atoms with Gasteiger partial charge in [0.15, 0.2) is 0 Å². The third kappa shape index (κ3) is 2.17. The van der Waals surface area contributed by atoms with Crippen molar-refractivity contribution < 1.29 is 0 Å². The molecule has 0 bridgehead atoms. The van der Waals surface area contributed by atoms with Gasteiger partial charge in [0.1, 0.15) is 0 Å². The van der Waals surface area contributed by atoms with Crippen LogP contribution >= 0.6 is 0 Å². The summed E-state index contributed by atoms with van der Waals surface area (Å²) in [6.45, 7) is 4.52. The average Bonchev–Trinajstić information content (AvgIpc) is 2.24. The van der Waals surface area contributed by atoms with Crippen LogP contribution in [-0.4, -0.2) is 0 Å². The third-order valence-electron chi connectivity index (χ3n) is 3.87. The predicted octanol–water partition coefficient (Wildman–Crippen LogP) is 3.87. The molecule has 1 aliphatic carbocycles. The van der Waals surface area contributed by atoms with Crippen molar-refractivity contribution in [2.45, 2.75) is 45.4 Å². The molecule has 0 radical (unpaired) electrons. The van der Waals surface area contributed by atoms with Gasteiger partial charge in [0.2, 0.25) is 0 Å². The van der Waals surface area contributed by atoms with Crippen molar-refractivity contribution in [2.75, 3.05) is 5.73 Å². The lowest BCUT2D eigenvalue weighted by molar-refractivity contribution is 0.347. The Labute approximate surface area is 92.7 Å². The fourth-order valence-electron chi connectivity index (χ4n) is 2.69. The second-order valence-corrected chi connectivity index (χ2v) is 5.02. The fraction of sp³-hybridized carbons (Fsp3) is 0.571. The number of hydrogen-bond donors (Lipinski definition) is 1. The summed E-state index contributed by atoms with van der Waals surface area (Å²) in [6, 6.07) is 6.35. The number of rotatable bonds is 1. The molecule has 0 heterocycles. The summed E-state index contributed by atoms with van der Waals surface area (Å²) in [4.78, 5) is 0. The first-order valence-corrected chi connectivity index (χ1v) is 6.03. The van der Waals surface area contributed by atoms with Gasteiger partial charge >= 0.3 is 0 Å². The zero-order valence-electron chi connectivity index (χ0n) is 9.79. The van der Waals surface area contributed by atoms with Gasteiger partial charge < -0.3 is 5.73 Å². The van der Waals surface area contributed by atoms with Gasteiger partial charge in [0, 0.05) is 5.69 Å². The second kappa shape index (κ2) is 4.26. The third-order valence-corrected chi connectivity index (χ3v) is 3.87. The summed E-state index contributed by atoms with van der Waals surface area (Å²) >= 11 is 0. The Morgan fingerprint density at radius 3 is 2.47 bits per heavy atom. The largest absolute Gasteiger partial charge is 0.399 e. The Hall–Kier alpha value is -0.980. The van der Waals surface area contributed by atoms with Crippen LogP contribution in [0.25, 0.3) is 0 Å². The molecule has 0 amide bonds. The molecule has 1 fully saturated rings. The Kier molecular flexibility index (Phi) is 2.99. The van der Waals surface area contributed by atoms with E-state index in [4.69, 9.17) is 5.73 Å². The number of benzene rings is 1. The van der Waals surface area contributed by atoms with Crippen LogP contribution in [0.5, 0.6) is 0 Å². The quantitative estimate of drug-likeness (QED) is 0.689.